The second-order valence-electron chi connectivity index (χ2n) is 3.88. The zero-order valence-corrected chi connectivity index (χ0v) is 9.88. The third-order valence-electron chi connectivity index (χ3n) is 2.71. The Hall–Kier alpha value is -2.60. The minimum Gasteiger partial charge on any atom is -0.429 e. The van der Waals surface area contributed by atoms with Crippen molar-refractivity contribution in [2.75, 3.05) is 0 Å². The molecule has 3 nitrogen and oxygen atoms in total. The van der Waals surface area contributed by atoms with Gasteiger partial charge in [0, 0.05) is 0 Å². The average Bonchev–Trinajstić information content (AvgIpc) is 2.40. The van der Waals surface area contributed by atoms with Crippen LogP contribution < -0.4 is 4.74 Å². The lowest BCUT2D eigenvalue weighted by atomic mass is 9.99. The van der Waals surface area contributed by atoms with Crippen molar-refractivity contribution in [2.24, 2.45) is 0 Å². The van der Waals surface area contributed by atoms with Gasteiger partial charge in [0.1, 0.15) is 5.75 Å². The molecule has 0 bridgehead atoms. The standard InChI is InChI=1S/C15H11NO2/c1-11-8-14(18-10-17)6-7-15(11)13-4-2-12(9-16)3-5-13/h2-8,10H,1H3. The molecule has 2 rings (SSSR count). The number of hydrogen-bond donors (Lipinski definition) is 0. The Labute approximate surface area is 105 Å². The van der Waals surface area contributed by atoms with Crippen molar-refractivity contribution in [3.05, 3.63) is 53.6 Å². The normalized spacial score (nSPS) is 9.56. The quantitative estimate of drug-likeness (QED) is 0.771. The molecular formula is C15H11NO2. The van der Waals surface area contributed by atoms with Gasteiger partial charge < -0.3 is 4.74 Å². The second-order valence-corrected chi connectivity index (χ2v) is 3.88. The highest BCUT2D eigenvalue weighted by Crippen LogP contribution is 2.26. The lowest BCUT2D eigenvalue weighted by molar-refractivity contribution is -0.120. The molecule has 88 valence electrons. The Morgan fingerprint density at radius 2 is 1.89 bits per heavy atom. The molecular weight excluding hydrogens is 226 g/mol. The molecule has 2 aromatic carbocycles. The van der Waals surface area contributed by atoms with Gasteiger partial charge >= 0.3 is 0 Å². The smallest absolute Gasteiger partial charge is 0.298 e. The molecule has 0 aliphatic heterocycles. The van der Waals surface area contributed by atoms with Crippen molar-refractivity contribution < 1.29 is 9.53 Å². The Morgan fingerprint density at radius 3 is 2.44 bits per heavy atom. The van der Waals surface area contributed by atoms with Crippen LogP contribution >= 0.6 is 0 Å². The van der Waals surface area contributed by atoms with E-state index in [1.165, 1.54) is 0 Å². The zero-order valence-electron chi connectivity index (χ0n) is 9.88. The molecule has 0 amide bonds. The van der Waals surface area contributed by atoms with E-state index in [1.54, 1.807) is 18.2 Å². The molecule has 0 radical (unpaired) electrons. The number of carbonyl (C=O) groups excluding carboxylic acids is 1. The molecule has 0 N–H and O–H groups in total. The number of nitrogens with zero attached hydrogens (tertiary/aromatic N) is 1. The van der Waals surface area contributed by atoms with E-state index >= 15 is 0 Å². The van der Waals surface area contributed by atoms with Crippen LogP contribution in [-0.2, 0) is 4.79 Å². The van der Waals surface area contributed by atoms with E-state index in [0.29, 0.717) is 17.8 Å². The van der Waals surface area contributed by atoms with E-state index in [1.807, 2.05) is 31.2 Å². The van der Waals surface area contributed by atoms with Gasteiger partial charge in [-0.15, -0.1) is 0 Å². The lowest BCUT2D eigenvalue weighted by Gasteiger charge is -2.07. The van der Waals surface area contributed by atoms with Crippen LogP contribution in [0.2, 0.25) is 0 Å². The molecule has 2 aromatic rings. The van der Waals surface area contributed by atoms with E-state index in [0.717, 1.165) is 16.7 Å². The maximum atomic E-state index is 10.3. The number of rotatable bonds is 3. The number of nitriles is 1. The van der Waals surface area contributed by atoms with E-state index in [9.17, 15) is 4.79 Å². The summed E-state index contributed by atoms with van der Waals surface area (Å²) in [6.45, 7) is 2.36. The van der Waals surface area contributed by atoms with Gasteiger partial charge in [-0.2, -0.15) is 5.26 Å². The number of hydrogen-bond acceptors (Lipinski definition) is 3. The van der Waals surface area contributed by atoms with Crippen LogP contribution in [-0.4, -0.2) is 6.47 Å². The van der Waals surface area contributed by atoms with Crippen LogP contribution in [0.5, 0.6) is 5.75 Å². The molecule has 0 spiro atoms. The Morgan fingerprint density at radius 1 is 1.17 bits per heavy atom. The molecule has 18 heavy (non-hydrogen) atoms. The highest BCUT2D eigenvalue weighted by atomic mass is 16.5. The maximum absolute atomic E-state index is 10.3. The van der Waals surface area contributed by atoms with E-state index in [-0.39, 0.29) is 0 Å². The SMILES string of the molecule is Cc1cc(OC=O)ccc1-c1ccc(C#N)cc1. The molecule has 0 aromatic heterocycles. The van der Waals surface area contributed by atoms with Gasteiger partial charge in [0.15, 0.2) is 0 Å². The van der Waals surface area contributed by atoms with Crippen molar-refractivity contribution in [1.82, 2.24) is 0 Å². The van der Waals surface area contributed by atoms with Crippen LogP contribution in [0, 0.1) is 18.3 Å². The first-order valence-corrected chi connectivity index (χ1v) is 5.46. The van der Waals surface area contributed by atoms with E-state index in [2.05, 4.69) is 6.07 Å². The Balaban J connectivity index is 2.38. The topological polar surface area (TPSA) is 50.1 Å². The first kappa shape index (κ1) is 11.9. The van der Waals surface area contributed by atoms with Gasteiger partial charge in [0.2, 0.25) is 0 Å². The fourth-order valence-electron chi connectivity index (χ4n) is 1.81. The van der Waals surface area contributed by atoms with Crippen molar-refractivity contribution >= 4 is 6.47 Å². The van der Waals surface area contributed by atoms with Crippen molar-refractivity contribution in [3.8, 4) is 22.9 Å². The van der Waals surface area contributed by atoms with Crippen LogP contribution in [0.1, 0.15) is 11.1 Å². The molecule has 0 saturated heterocycles. The first-order valence-electron chi connectivity index (χ1n) is 5.46. The van der Waals surface area contributed by atoms with Crippen LogP contribution in [0.3, 0.4) is 0 Å². The summed E-state index contributed by atoms with van der Waals surface area (Å²) in [5.41, 5.74) is 3.73. The van der Waals surface area contributed by atoms with Crippen molar-refractivity contribution in [3.63, 3.8) is 0 Å². The summed E-state index contributed by atoms with van der Waals surface area (Å²) in [6, 6.07) is 14.9. The Kier molecular flexibility index (Phi) is 3.40. The summed E-state index contributed by atoms with van der Waals surface area (Å²) in [5, 5.41) is 8.75. The summed E-state index contributed by atoms with van der Waals surface area (Å²) in [5.74, 6) is 0.528. The number of ether oxygens (including phenoxy) is 1. The maximum Gasteiger partial charge on any atom is 0.298 e. The molecule has 0 aliphatic rings. The monoisotopic (exact) mass is 237 g/mol. The van der Waals surface area contributed by atoms with Gasteiger partial charge in [-0.1, -0.05) is 18.2 Å². The van der Waals surface area contributed by atoms with Gasteiger partial charge in [-0.3, -0.25) is 4.79 Å². The molecule has 0 unspecified atom stereocenters. The second kappa shape index (κ2) is 5.15. The summed E-state index contributed by atoms with van der Waals surface area (Å²) >= 11 is 0. The minimum absolute atomic E-state index is 0.413. The largest absolute Gasteiger partial charge is 0.429 e. The molecule has 3 heteroatoms. The van der Waals surface area contributed by atoms with Gasteiger partial charge in [0.25, 0.3) is 6.47 Å². The number of aryl methyl sites for hydroxylation is 1. The van der Waals surface area contributed by atoms with Crippen molar-refractivity contribution in [2.45, 2.75) is 6.92 Å². The van der Waals surface area contributed by atoms with Crippen LogP contribution in [0.25, 0.3) is 11.1 Å². The third kappa shape index (κ3) is 2.38. The van der Waals surface area contributed by atoms with Gasteiger partial charge in [-0.05, 0) is 47.9 Å². The first-order chi connectivity index (χ1) is 8.74. The van der Waals surface area contributed by atoms with Crippen LogP contribution in [0.4, 0.5) is 0 Å². The Bertz CT molecular complexity index is 609. The fourth-order valence-corrected chi connectivity index (χ4v) is 1.81. The molecule has 0 atom stereocenters. The minimum atomic E-state index is 0.413. The predicted molar refractivity (Wildman–Crippen MR) is 68.0 cm³/mol. The predicted octanol–water partition coefficient (Wildman–Crippen LogP) is 3.07. The summed E-state index contributed by atoms with van der Waals surface area (Å²) in [4.78, 5) is 10.3. The third-order valence-corrected chi connectivity index (χ3v) is 2.71. The zero-order chi connectivity index (χ0) is 13.0. The molecule has 0 heterocycles. The van der Waals surface area contributed by atoms with Crippen LogP contribution in [0.15, 0.2) is 42.5 Å². The van der Waals surface area contributed by atoms with E-state index in [4.69, 9.17) is 10.00 Å². The highest BCUT2D eigenvalue weighted by molar-refractivity contribution is 5.69. The summed E-state index contributed by atoms with van der Waals surface area (Å²) in [6.07, 6.45) is 0. The molecule has 0 fully saturated rings. The van der Waals surface area contributed by atoms with E-state index < -0.39 is 0 Å². The molecule has 0 aliphatic carbocycles. The molecule has 0 saturated carbocycles. The summed E-state index contributed by atoms with van der Waals surface area (Å²) < 4.78 is 4.79. The highest BCUT2D eigenvalue weighted by Gasteiger charge is 2.03. The lowest BCUT2D eigenvalue weighted by Crippen LogP contribution is -1.90. The van der Waals surface area contributed by atoms with Gasteiger partial charge in [-0.25, -0.2) is 0 Å². The number of benzene rings is 2. The average molecular weight is 237 g/mol. The number of carbonyl (C=O) groups is 1. The van der Waals surface area contributed by atoms with Gasteiger partial charge in [0.05, 0.1) is 11.6 Å². The summed E-state index contributed by atoms with van der Waals surface area (Å²) in [7, 11) is 0. The van der Waals surface area contributed by atoms with Crippen molar-refractivity contribution in [1.29, 1.82) is 5.26 Å². The fraction of sp³-hybridized carbons (Fsp3) is 0.0667.